The maximum absolute atomic E-state index is 5.69. The van der Waals surface area contributed by atoms with Gasteiger partial charge in [-0.3, -0.25) is 0 Å². The van der Waals surface area contributed by atoms with Crippen molar-refractivity contribution in [2.45, 2.75) is 32.4 Å². The first kappa shape index (κ1) is 12.3. The average molecular weight is 235 g/mol. The third kappa shape index (κ3) is 2.96. The number of ether oxygens (including phenoxy) is 1. The van der Waals surface area contributed by atoms with Gasteiger partial charge in [-0.05, 0) is 37.5 Å². The van der Waals surface area contributed by atoms with Crippen LogP contribution < -0.4 is 10.6 Å². The highest BCUT2D eigenvalue weighted by Crippen LogP contribution is 2.20. The maximum Gasteiger partial charge on any atom is 0.129 e. The van der Waals surface area contributed by atoms with Gasteiger partial charge in [0.1, 0.15) is 5.82 Å². The summed E-state index contributed by atoms with van der Waals surface area (Å²) in [6, 6.07) is 4.14. The van der Waals surface area contributed by atoms with Gasteiger partial charge in [-0.1, -0.05) is 0 Å². The van der Waals surface area contributed by atoms with Gasteiger partial charge in [0, 0.05) is 32.4 Å². The largest absolute Gasteiger partial charge is 0.381 e. The molecule has 0 saturated carbocycles. The Kier molecular flexibility index (Phi) is 3.97. The SMILES string of the molecule is COC1CCN(c2cc(CN)cc(C)n2)CC1. The quantitative estimate of drug-likeness (QED) is 0.862. The fraction of sp³-hybridized carbons (Fsp3) is 0.615. The molecule has 0 amide bonds. The van der Waals surface area contributed by atoms with E-state index in [9.17, 15) is 0 Å². The summed E-state index contributed by atoms with van der Waals surface area (Å²) in [6.45, 7) is 4.62. The van der Waals surface area contributed by atoms with E-state index in [1.165, 1.54) is 0 Å². The molecule has 1 saturated heterocycles. The van der Waals surface area contributed by atoms with Crippen LogP contribution in [0.3, 0.4) is 0 Å². The molecule has 1 aromatic rings. The molecular formula is C13H21N3O. The predicted octanol–water partition coefficient (Wildman–Crippen LogP) is 1.46. The van der Waals surface area contributed by atoms with E-state index >= 15 is 0 Å². The number of hydrogen-bond acceptors (Lipinski definition) is 4. The Morgan fingerprint density at radius 1 is 1.41 bits per heavy atom. The normalized spacial score (nSPS) is 17.5. The van der Waals surface area contributed by atoms with Crippen LogP contribution in [0.5, 0.6) is 0 Å². The molecule has 0 atom stereocenters. The molecule has 2 N–H and O–H groups in total. The van der Waals surface area contributed by atoms with Crippen LogP contribution in [-0.4, -0.2) is 31.3 Å². The van der Waals surface area contributed by atoms with E-state index in [-0.39, 0.29) is 0 Å². The van der Waals surface area contributed by atoms with Gasteiger partial charge in [0.05, 0.1) is 6.10 Å². The van der Waals surface area contributed by atoms with Crippen molar-refractivity contribution in [1.82, 2.24) is 4.98 Å². The van der Waals surface area contributed by atoms with Crippen LogP contribution in [0.2, 0.25) is 0 Å². The summed E-state index contributed by atoms with van der Waals surface area (Å²) in [4.78, 5) is 6.91. The molecule has 1 aliphatic rings. The molecule has 0 spiro atoms. The van der Waals surface area contributed by atoms with Crippen molar-refractivity contribution in [3.63, 3.8) is 0 Å². The second kappa shape index (κ2) is 5.47. The van der Waals surface area contributed by atoms with Gasteiger partial charge in [-0.15, -0.1) is 0 Å². The van der Waals surface area contributed by atoms with Gasteiger partial charge in [-0.25, -0.2) is 4.98 Å². The monoisotopic (exact) mass is 235 g/mol. The molecule has 4 heteroatoms. The van der Waals surface area contributed by atoms with E-state index in [1.807, 2.05) is 13.0 Å². The minimum atomic E-state index is 0.407. The van der Waals surface area contributed by atoms with Crippen molar-refractivity contribution < 1.29 is 4.74 Å². The zero-order valence-electron chi connectivity index (χ0n) is 10.6. The number of nitrogens with two attached hydrogens (primary N) is 1. The number of methoxy groups -OCH3 is 1. The maximum atomic E-state index is 5.69. The number of piperidine rings is 1. The number of hydrogen-bond donors (Lipinski definition) is 1. The number of aryl methyl sites for hydroxylation is 1. The van der Waals surface area contributed by atoms with Crippen LogP contribution in [0, 0.1) is 6.92 Å². The summed E-state index contributed by atoms with van der Waals surface area (Å²) >= 11 is 0. The van der Waals surface area contributed by atoms with Gasteiger partial charge in [-0.2, -0.15) is 0 Å². The summed E-state index contributed by atoms with van der Waals surface area (Å²) in [7, 11) is 1.79. The minimum absolute atomic E-state index is 0.407. The lowest BCUT2D eigenvalue weighted by molar-refractivity contribution is 0.0818. The number of anilines is 1. The van der Waals surface area contributed by atoms with Crippen molar-refractivity contribution >= 4 is 5.82 Å². The molecule has 2 heterocycles. The lowest BCUT2D eigenvalue weighted by Gasteiger charge is -2.32. The van der Waals surface area contributed by atoms with E-state index in [2.05, 4.69) is 16.0 Å². The Labute approximate surface area is 103 Å². The highest BCUT2D eigenvalue weighted by Gasteiger charge is 2.19. The van der Waals surface area contributed by atoms with Gasteiger partial charge in [0.15, 0.2) is 0 Å². The lowest BCUT2D eigenvalue weighted by atomic mass is 10.1. The lowest BCUT2D eigenvalue weighted by Crippen LogP contribution is -2.37. The van der Waals surface area contributed by atoms with Gasteiger partial charge in [0.2, 0.25) is 0 Å². The third-order valence-electron chi connectivity index (χ3n) is 3.33. The molecule has 0 bridgehead atoms. The van der Waals surface area contributed by atoms with E-state index in [1.54, 1.807) is 7.11 Å². The van der Waals surface area contributed by atoms with E-state index in [0.717, 1.165) is 43.0 Å². The molecule has 0 aromatic carbocycles. The fourth-order valence-electron chi connectivity index (χ4n) is 2.32. The first-order valence-corrected chi connectivity index (χ1v) is 6.18. The van der Waals surface area contributed by atoms with Crippen molar-refractivity contribution in [3.05, 3.63) is 23.4 Å². The highest BCUT2D eigenvalue weighted by atomic mass is 16.5. The molecule has 2 rings (SSSR count). The molecule has 4 nitrogen and oxygen atoms in total. The minimum Gasteiger partial charge on any atom is -0.381 e. The Balaban J connectivity index is 2.10. The van der Waals surface area contributed by atoms with Crippen LogP contribution in [0.4, 0.5) is 5.82 Å². The molecule has 0 unspecified atom stereocenters. The van der Waals surface area contributed by atoms with Crippen LogP contribution in [0.15, 0.2) is 12.1 Å². The first-order chi connectivity index (χ1) is 8.22. The second-order valence-electron chi connectivity index (χ2n) is 4.60. The molecular weight excluding hydrogens is 214 g/mol. The summed E-state index contributed by atoms with van der Waals surface area (Å²) in [5, 5.41) is 0. The second-order valence-corrected chi connectivity index (χ2v) is 4.60. The standard InChI is InChI=1S/C13H21N3O/c1-10-7-11(9-14)8-13(15-10)16-5-3-12(17-2)4-6-16/h7-8,12H,3-6,9,14H2,1-2H3. The van der Waals surface area contributed by atoms with Gasteiger partial charge < -0.3 is 15.4 Å². The Morgan fingerprint density at radius 2 is 2.12 bits per heavy atom. The number of rotatable bonds is 3. The van der Waals surface area contributed by atoms with Gasteiger partial charge >= 0.3 is 0 Å². The average Bonchev–Trinajstić information content (AvgIpc) is 2.38. The molecule has 17 heavy (non-hydrogen) atoms. The predicted molar refractivity (Wildman–Crippen MR) is 69.1 cm³/mol. The number of pyridine rings is 1. The van der Waals surface area contributed by atoms with Crippen molar-refractivity contribution in [2.75, 3.05) is 25.1 Å². The summed E-state index contributed by atoms with van der Waals surface area (Å²) in [5.41, 5.74) is 7.89. The molecule has 0 aliphatic carbocycles. The third-order valence-corrected chi connectivity index (χ3v) is 3.33. The van der Waals surface area contributed by atoms with Crippen LogP contribution in [0.1, 0.15) is 24.1 Å². The van der Waals surface area contributed by atoms with Crippen LogP contribution >= 0.6 is 0 Å². The number of nitrogens with zero attached hydrogens (tertiary/aromatic N) is 2. The van der Waals surface area contributed by atoms with E-state index < -0.39 is 0 Å². The van der Waals surface area contributed by atoms with E-state index in [4.69, 9.17) is 10.5 Å². The fourth-order valence-corrected chi connectivity index (χ4v) is 2.32. The Bertz CT molecular complexity index is 373. The Hall–Kier alpha value is -1.13. The van der Waals surface area contributed by atoms with Crippen molar-refractivity contribution in [3.8, 4) is 0 Å². The molecule has 1 fully saturated rings. The smallest absolute Gasteiger partial charge is 0.129 e. The van der Waals surface area contributed by atoms with Crippen LogP contribution in [-0.2, 0) is 11.3 Å². The molecule has 94 valence electrons. The van der Waals surface area contributed by atoms with Crippen LogP contribution in [0.25, 0.3) is 0 Å². The first-order valence-electron chi connectivity index (χ1n) is 6.18. The summed E-state index contributed by atoms with van der Waals surface area (Å²) < 4.78 is 5.38. The summed E-state index contributed by atoms with van der Waals surface area (Å²) in [5.74, 6) is 1.06. The zero-order valence-corrected chi connectivity index (χ0v) is 10.6. The van der Waals surface area contributed by atoms with E-state index in [0.29, 0.717) is 12.6 Å². The van der Waals surface area contributed by atoms with Crippen molar-refractivity contribution in [1.29, 1.82) is 0 Å². The topological polar surface area (TPSA) is 51.4 Å². The molecule has 1 aliphatic heterocycles. The number of aromatic nitrogens is 1. The molecule has 0 radical (unpaired) electrons. The Morgan fingerprint density at radius 3 is 2.71 bits per heavy atom. The molecule has 1 aromatic heterocycles. The van der Waals surface area contributed by atoms with Crippen molar-refractivity contribution in [2.24, 2.45) is 5.73 Å². The summed E-state index contributed by atoms with van der Waals surface area (Å²) in [6.07, 6.45) is 2.55. The zero-order chi connectivity index (χ0) is 12.3. The highest BCUT2D eigenvalue weighted by molar-refractivity contribution is 5.43. The van der Waals surface area contributed by atoms with Gasteiger partial charge in [0.25, 0.3) is 0 Å².